The minimum atomic E-state index is -0.514. The molecular formula is C20H23ClN6O2. The number of fused-ring (bicyclic) bond motifs is 2. The number of aryl methyl sites for hydroxylation is 3. The topological polar surface area (TPSA) is 105 Å². The van der Waals surface area contributed by atoms with Gasteiger partial charge >= 0.3 is 0 Å². The number of carbonyl (C=O) groups is 1. The molecule has 1 amide bonds. The van der Waals surface area contributed by atoms with E-state index in [2.05, 4.69) is 39.8 Å². The van der Waals surface area contributed by atoms with Gasteiger partial charge in [0, 0.05) is 18.8 Å². The highest BCUT2D eigenvalue weighted by atomic mass is 35.5. The number of carbonyl (C=O) groups excluding carboxylic acids is 1. The van der Waals surface area contributed by atoms with Crippen LogP contribution in [-0.2, 0) is 19.9 Å². The molecule has 152 valence electrons. The van der Waals surface area contributed by atoms with E-state index in [4.69, 9.17) is 11.6 Å². The quantitative estimate of drug-likeness (QED) is 0.451. The molecule has 9 heteroatoms. The number of rotatable bonds is 3. The normalized spacial score (nSPS) is 15.2. The summed E-state index contributed by atoms with van der Waals surface area (Å²) in [5.74, 6) is -0.514. The highest BCUT2D eigenvalue weighted by Gasteiger charge is 2.27. The Labute approximate surface area is 172 Å². The molecule has 8 nitrogen and oxygen atoms in total. The van der Waals surface area contributed by atoms with Crippen LogP contribution < -0.4 is 16.4 Å². The lowest BCUT2D eigenvalue weighted by Crippen LogP contribution is -2.35. The summed E-state index contributed by atoms with van der Waals surface area (Å²) in [5.41, 5.74) is 9.17. The van der Waals surface area contributed by atoms with Gasteiger partial charge in [-0.1, -0.05) is 25.4 Å². The molecule has 0 saturated carbocycles. The molecule has 3 aromatic rings. The number of hydrazine groups is 1. The summed E-state index contributed by atoms with van der Waals surface area (Å²) in [7, 11) is 1.77. The third kappa shape index (κ3) is 3.60. The SMILES string of the molecule is Cc1nn(C)c2nc(Cl)cc(NNC(=O)c3cc4c([nH]c3=O)CCC(C)(C)C4)c12. The van der Waals surface area contributed by atoms with Crippen LogP contribution in [0.3, 0.4) is 0 Å². The van der Waals surface area contributed by atoms with Crippen LogP contribution in [0, 0.1) is 12.3 Å². The number of nitrogens with zero attached hydrogens (tertiary/aromatic N) is 3. The third-order valence-electron chi connectivity index (χ3n) is 5.43. The molecule has 29 heavy (non-hydrogen) atoms. The molecule has 1 aliphatic rings. The van der Waals surface area contributed by atoms with Gasteiger partial charge in [-0.2, -0.15) is 5.10 Å². The zero-order chi connectivity index (χ0) is 20.9. The van der Waals surface area contributed by atoms with E-state index >= 15 is 0 Å². The smallest absolute Gasteiger partial charge is 0.275 e. The van der Waals surface area contributed by atoms with Gasteiger partial charge in [0.25, 0.3) is 11.5 Å². The second-order valence-corrected chi connectivity index (χ2v) is 8.72. The number of nitrogens with one attached hydrogen (secondary N) is 3. The number of anilines is 1. The lowest BCUT2D eigenvalue weighted by Gasteiger charge is -2.31. The van der Waals surface area contributed by atoms with Gasteiger partial charge < -0.3 is 4.98 Å². The first-order valence-corrected chi connectivity index (χ1v) is 9.84. The molecule has 4 rings (SSSR count). The van der Waals surface area contributed by atoms with Crippen molar-refractivity contribution in [1.82, 2.24) is 25.2 Å². The summed E-state index contributed by atoms with van der Waals surface area (Å²) in [6.45, 7) is 6.23. The van der Waals surface area contributed by atoms with Crippen molar-refractivity contribution in [3.63, 3.8) is 0 Å². The number of pyridine rings is 2. The Bertz CT molecular complexity index is 1190. The number of aromatic amines is 1. The summed E-state index contributed by atoms with van der Waals surface area (Å²) >= 11 is 6.11. The van der Waals surface area contributed by atoms with Crippen molar-refractivity contribution in [2.75, 3.05) is 5.43 Å². The van der Waals surface area contributed by atoms with Gasteiger partial charge in [0.2, 0.25) is 0 Å². The first-order valence-electron chi connectivity index (χ1n) is 9.46. The van der Waals surface area contributed by atoms with E-state index in [-0.39, 0.29) is 16.1 Å². The number of H-pyrrole nitrogens is 1. The molecule has 3 aromatic heterocycles. The van der Waals surface area contributed by atoms with Gasteiger partial charge in [0.15, 0.2) is 5.65 Å². The Morgan fingerprint density at radius 2 is 2.10 bits per heavy atom. The molecule has 0 atom stereocenters. The molecule has 3 N–H and O–H groups in total. The van der Waals surface area contributed by atoms with Crippen LogP contribution in [0.2, 0.25) is 5.15 Å². The van der Waals surface area contributed by atoms with E-state index in [9.17, 15) is 9.59 Å². The second-order valence-electron chi connectivity index (χ2n) is 8.34. The van der Waals surface area contributed by atoms with Crippen molar-refractivity contribution in [3.05, 3.63) is 50.2 Å². The van der Waals surface area contributed by atoms with E-state index in [1.165, 1.54) is 0 Å². The van der Waals surface area contributed by atoms with Crippen molar-refractivity contribution in [1.29, 1.82) is 0 Å². The number of hydrogen-bond donors (Lipinski definition) is 3. The van der Waals surface area contributed by atoms with Gasteiger partial charge in [-0.05, 0) is 43.2 Å². The van der Waals surface area contributed by atoms with Crippen LogP contribution in [-0.4, -0.2) is 25.7 Å². The molecule has 0 aliphatic heterocycles. The van der Waals surface area contributed by atoms with E-state index in [0.717, 1.165) is 41.6 Å². The maximum absolute atomic E-state index is 12.7. The number of aromatic nitrogens is 4. The average molecular weight is 415 g/mol. The minimum absolute atomic E-state index is 0.0771. The number of amides is 1. The van der Waals surface area contributed by atoms with Crippen LogP contribution >= 0.6 is 11.6 Å². The number of halogens is 1. The fraction of sp³-hybridized carbons (Fsp3) is 0.400. The molecule has 0 radical (unpaired) electrons. The lowest BCUT2D eigenvalue weighted by atomic mass is 9.76. The predicted octanol–water partition coefficient (Wildman–Crippen LogP) is 2.89. The summed E-state index contributed by atoms with van der Waals surface area (Å²) in [6, 6.07) is 3.31. The van der Waals surface area contributed by atoms with Gasteiger partial charge in [-0.3, -0.25) is 25.1 Å². The molecule has 1 aliphatic carbocycles. The van der Waals surface area contributed by atoms with E-state index in [1.807, 2.05) is 6.92 Å². The number of hydrogen-bond acceptors (Lipinski definition) is 5. The highest BCUT2D eigenvalue weighted by molar-refractivity contribution is 6.30. The second kappa shape index (κ2) is 6.88. The zero-order valence-electron chi connectivity index (χ0n) is 16.8. The van der Waals surface area contributed by atoms with Crippen molar-refractivity contribution >= 4 is 34.2 Å². The van der Waals surface area contributed by atoms with Crippen LogP contribution in [0.25, 0.3) is 11.0 Å². The fourth-order valence-electron chi connectivity index (χ4n) is 3.93. The van der Waals surface area contributed by atoms with Crippen LogP contribution in [0.1, 0.15) is 47.6 Å². The van der Waals surface area contributed by atoms with E-state index in [0.29, 0.717) is 11.3 Å². The third-order valence-corrected chi connectivity index (χ3v) is 5.62. The van der Waals surface area contributed by atoms with E-state index < -0.39 is 11.5 Å². The van der Waals surface area contributed by atoms with Crippen LogP contribution in [0.5, 0.6) is 0 Å². The Hall–Kier alpha value is -2.87. The van der Waals surface area contributed by atoms with Crippen LogP contribution in [0.15, 0.2) is 16.9 Å². The fourth-order valence-corrected chi connectivity index (χ4v) is 4.12. The Balaban J connectivity index is 1.62. The van der Waals surface area contributed by atoms with Gasteiger partial charge in [0.1, 0.15) is 10.7 Å². The summed E-state index contributed by atoms with van der Waals surface area (Å²) in [6.07, 6.45) is 2.64. The molecule has 0 bridgehead atoms. The maximum atomic E-state index is 12.7. The Kier molecular flexibility index (Phi) is 4.61. The first kappa shape index (κ1) is 19.4. The molecule has 0 saturated heterocycles. The average Bonchev–Trinajstić information content (AvgIpc) is 2.92. The first-order chi connectivity index (χ1) is 13.6. The van der Waals surface area contributed by atoms with Crippen molar-refractivity contribution in [2.24, 2.45) is 12.5 Å². The molecule has 0 aromatic carbocycles. The minimum Gasteiger partial charge on any atom is -0.325 e. The van der Waals surface area contributed by atoms with Gasteiger partial charge in [-0.25, -0.2) is 4.98 Å². The summed E-state index contributed by atoms with van der Waals surface area (Å²) in [5, 5.41) is 5.36. The zero-order valence-corrected chi connectivity index (χ0v) is 17.6. The predicted molar refractivity (Wildman–Crippen MR) is 112 cm³/mol. The molecule has 0 fully saturated rings. The largest absolute Gasteiger partial charge is 0.325 e. The van der Waals surface area contributed by atoms with Crippen LogP contribution in [0.4, 0.5) is 5.69 Å². The molecule has 0 unspecified atom stereocenters. The molecule has 0 spiro atoms. The van der Waals surface area contributed by atoms with Gasteiger partial charge in [-0.15, -0.1) is 0 Å². The summed E-state index contributed by atoms with van der Waals surface area (Å²) in [4.78, 5) is 32.3. The summed E-state index contributed by atoms with van der Waals surface area (Å²) < 4.78 is 1.62. The Morgan fingerprint density at radius 1 is 1.34 bits per heavy atom. The monoisotopic (exact) mass is 414 g/mol. The highest BCUT2D eigenvalue weighted by Crippen LogP contribution is 2.33. The van der Waals surface area contributed by atoms with E-state index in [1.54, 1.807) is 23.9 Å². The lowest BCUT2D eigenvalue weighted by molar-refractivity contribution is 0.0961. The Morgan fingerprint density at radius 3 is 2.86 bits per heavy atom. The van der Waals surface area contributed by atoms with Crippen molar-refractivity contribution in [2.45, 2.75) is 40.0 Å². The van der Waals surface area contributed by atoms with Crippen molar-refractivity contribution < 1.29 is 4.79 Å². The maximum Gasteiger partial charge on any atom is 0.275 e. The van der Waals surface area contributed by atoms with Crippen molar-refractivity contribution in [3.8, 4) is 0 Å². The molecular weight excluding hydrogens is 392 g/mol. The van der Waals surface area contributed by atoms with Gasteiger partial charge in [0.05, 0.1) is 16.8 Å². The standard InChI is InChI=1S/C20H23ClN6O2/c1-10-16-14(8-15(21)23-17(16)27(4)26-10)24-25-19(29)12-7-11-9-20(2,3)6-5-13(11)22-18(12)28/h7-8H,5-6,9H2,1-4H3,(H,22,28)(H,23,24)(H,25,29). The molecule has 3 heterocycles.